The first-order valence-corrected chi connectivity index (χ1v) is 8.69. The maximum atomic E-state index is 12.0. The van der Waals surface area contributed by atoms with Crippen LogP contribution in [0.2, 0.25) is 0 Å². The van der Waals surface area contributed by atoms with Crippen LogP contribution in [0.1, 0.15) is 32.3 Å². The summed E-state index contributed by atoms with van der Waals surface area (Å²) >= 11 is 0. The quantitative estimate of drug-likeness (QED) is 0.731. The Bertz CT molecular complexity index is 540. The normalized spacial score (nSPS) is 13.3. The predicted octanol–water partition coefficient (Wildman–Crippen LogP) is 2.04. The first-order valence-electron chi connectivity index (χ1n) is 7.04. The summed E-state index contributed by atoms with van der Waals surface area (Å²) in [6.45, 7) is 3.67. The van der Waals surface area contributed by atoms with Crippen LogP contribution in [0.4, 0.5) is 0 Å². The lowest BCUT2D eigenvalue weighted by atomic mass is 10.0. The van der Waals surface area contributed by atoms with Crippen LogP contribution in [-0.4, -0.2) is 31.3 Å². The lowest BCUT2D eigenvalue weighted by Gasteiger charge is -2.19. The number of hydrogen-bond donors (Lipinski definition) is 2. The van der Waals surface area contributed by atoms with Crippen LogP contribution >= 0.6 is 0 Å². The van der Waals surface area contributed by atoms with Gasteiger partial charge in [0.2, 0.25) is 10.0 Å². The van der Waals surface area contributed by atoms with E-state index in [9.17, 15) is 13.2 Å². The molecule has 118 valence electrons. The number of hydrogen-bond acceptors (Lipinski definition) is 3. The molecular weight excluding hydrogens is 290 g/mol. The number of carboxylic acid groups (broad SMARTS) is 1. The van der Waals surface area contributed by atoms with Crippen molar-refractivity contribution in [2.45, 2.75) is 39.2 Å². The first-order chi connectivity index (χ1) is 9.78. The topological polar surface area (TPSA) is 83.5 Å². The number of sulfonamides is 1. The minimum absolute atomic E-state index is 0.0272. The molecule has 0 spiro atoms. The highest BCUT2D eigenvalue weighted by Gasteiger charge is 2.20. The molecular formula is C15H23NO4S. The second kappa shape index (κ2) is 8.14. The third-order valence-corrected chi connectivity index (χ3v) is 4.73. The summed E-state index contributed by atoms with van der Waals surface area (Å²) in [6.07, 6.45) is 0.717. The van der Waals surface area contributed by atoms with Gasteiger partial charge in [-0.05, 0) is 24.3 Å². The van der Waals surface area contributed by atoms with Crippen LogP contribution in [0.15, 0.2) is 30.3 Å². The van der Waals surface area contributed by atoms with Gasteiger partial charge in [0.25, 0.3) is 0 Å². The third-order valence-electron chi connectivity index (χ3n) is 2.93. The average Bonchev–Trinajstić information content (AvgIpc) is 2.35. The Balaban J connectivity index is 2.74. The van der Waals surface area contributed by atoms with Crippen molar-refractivity contribution in [2.75, 3.05) is 5.75 Å². The van der Waals surface area contributed by atoms with Crippen LogP contribution < -0.4 is 4.72 Å². The van der Waals surface area contributed by atoms with E-state index >= 15 is 0 Å². The van der Waals surface area contributed by atoms with E-state index in [-0.39, 0.29) is 24.5 Å². The Morgan fingerprint density at radius 1 is 1.24 bits per heavy atom. The molecule has 0 amide bonds. The maximum absolute atomic E-state index is 12.0. The zero-order valence-corrected chi connectivity index (χ0v) is 13.3. The summed E-state index contributed by atoms with van der Waals surface area (Å²) < 4.78 is 26.7. The Kier molecular flexibility index (Phi) is 6.84. The number of carbonyl (C=O) groups is 1. The number of rotatable bonds is 9. The smallest absolute Gasteiger partial charge is 0.303 e. The van der Waals surface area contributed by atoms with E-state index in [1.165, 1.54) is 0 Å². The molecule has 0 aliphatic carbocycles. The number of aliphatic carboxylic acids is 1. The zero-order valence-electron chi connectivity index (χ0n) is 12.5. The van der Waals surface area contributed by atoms with Crippen LogP contribution in [-0.2, 0) is 21.2 Å². The monoisotopic (exact) mass is 313 g/mol. The largest absolute Gasteiger partial charge is 0.481 e. The minimum atomic E-state index is -3.39. The van der Waals surface area contributed by atoms with Gasteiger partial charge in [0, 0.05) is 12.5 Å². The van der Waals surface area contributed by atoms with Crippen molar-refractivity contribution in [3.05, 3.63) is 35.9 Å². The molecule has 0 bridgehead atoms. The molecule has 1 aromatic rings. The van der Waals surface area contributed by atoms with Gasteiger partial charge in [-0.1, -0.05) is 44.2 Å². The molecule has 0 heterocycles. The van der Waals surface area contributed by atoms with Crippen LogP contribution in [0.5, 0.6) is 0 Å². The number of carboxylic acids is 1. The second-order valence-electron chi connectivity index (χ2n) is 5.61. The Morgan fingerprint density at radius 3 is 2.38 bits per heavy atom. The summed E-state index contributed by atoms with van der Waals surface area (Å²) in [4.78, 5) is 10.7. The van der Waals surface area contributed by atoms with E-state index in [4.69, 9.17) is 5.11 Å². The van der Waals surface area contributed by atoms with Crippen molar-refractivity contribution in [1.29, 1.82) is 0 Å². The molecule has 5 nitrogen and oxygen atoms in total. The van der Waals surface area contributed by atoms with Crippen molar-refractivity contribution >= 4 is 16.0 Å². The van der Waals surface area contributed by atoms with E-state index in [1.807, 2.05) is 44.2 Å². The van der Waals surface area contributed by atoms with Gasteiger partial charge in [-0.15, -0.1) is 0 Å². The van der Waals surface area contributed by atoms with Crippen molar-refractivity contribution in [3.63, 3.8) is 0 Å². The molecule has 1 unspecified atom stereocenters. The highest BCUT2D eigenvalue weighted by molar-refractivity contribution is 7.89. The molecule has 21 heavy (non-hydrogen) atoms. The molecule has 0 aliphatic rings. The molecule has 2 N–H and O–H groups in total. The van der Waals surface area contributed by atoms with Crippen LogP contribution in [0.3, 0.4) is 0 Å². The van der Waals surface area contributed by atoms with E-state index in [0.717, 1.165) is 5.56 Å². The predicted molar refractivity (Wildman–Crippen MR) is 82.6 cm³/mol. The molecule has 0 radical (unpaired) electrons. The minimum Gasteiger partial charge on any atom is -0.481 e. The molecule has 0 saturated carbocycles. The Labute approximate surface area is 126 Å². The molecule has 1 rings (SSSR count). The summed E-state index contributed by atoms with van der Waals surface area (Å²) in [6, 6.07) is 9.07. The van der Waals surface area contributed by atoms with Crippen LogP contribution in [0.25, 0.3) is 0 Å². The second-order valence-corrected chi connectivity index (χ2v) is 7.41. The zero-order chi connectivity index (χ0) is 15.9. The lowest BCUT2D eigenvalue weighted by Crippen LogP contribution is -2.39. The van der Waals surface area contributed by atoms with Gasteiger partial charge in [-0.2, -0.15) is 0 Å². The van der Waals surface area contributed by atoms with Crippen molar-refractivity contribution in [2.24, 2.45) is 5.92 Å². The summed E-state index contributed by atoms with van der Waals surface area (Å²) in [5, 5.41) is 8.79. The molecule has 1 aromatic carbocycles. The fraction of sp³-hybridized carbons (Fsp3) is 0.533. The SMILES string of the molecule is CC(C)CS(=O)(=O)NC(CCC(=O)O)Cc1ccccc1. The van der Waals surface area contributed by atoms with Gasteiger partial charge >= 0.3 is 5.97 Å². The first kappa shape index (κ1) is 17.7. The highest BCUT2D eigenvalue weighted by Crippen LogP contribution is 2.10. The summed E-state index contributed by atoms with van der Waals surface area (Å²) in [5.41, 5.74) is 0.986. The van der Waals surface area contributed by atoms with E-state index in [2.05, 4.69) is 4.72 Å². The van der Waals surface area contributed by atoms with Crippen LogP contribution in [0, 0.1) is 5.92 Å². The number of nitrogens with one attached hydrogen (secondary N) is 1. The van der Waals surface area contributed by atoms with Gasteiger partial charge in [0.1, 0.15) is 0 Å². The fourth-order valence-corrected chi connectivity index (χ4v) is 3.82. The molecule has 1 atom stereocenters. The maximum Gasteiger partial charge on any atom is 0.303 e. The van der Waals surface area contributed by atoms with E-state index < -0.39 is 22.0 Å². The van der Waals surface area contributed by atoms with Gasteiger partial charge in [-0.3, -0.25) is 4.79 Å². The summed E-state index contributed by atoms with van der Waals surface area (Å²) in [5.74, 6) is -0.846. The highest BCUT2D eigenvalue weighted by atomic mass is 32.2. The molecule has 0 fully saturated rings. The Morgan fingerprint density at radius 2 is 1.86 bits per heavy atom. The van der Waals surface area contributed by atoms with Gasteiger partial charge in [0.05, 0.1) is 5.75 Å². The van der Waals surface area contributed by atoms with Gasteiger partial charge in [-0.25, -0.2) is 13.1 Å². The van der Waals surface area contributed by atoms with E-state index in [1.54, 1.807) is 0 Å². The van der Waals surface area contributed by atoms with Gasteiger partial charge in [0.15, 0.2) is 0 Å². The molecule has 0 aromatic heterocycles. The van der Waals surface area contributed by atoms with Crippen molar-refractivity contribution in [3.8, 4) is 0 Å². The molecule has 6 heteroatoms. The van der Waals surface area contributed by atoms with E-state index in [0.29, 0.717) is 6.42 Å². The third kappa shape index (κ3) is 7.82. The average molecular weight is 313 g/mol. The molecule has 0 aliphatic heterocycles. The fourth-order valence-electron chi connectivity index (χ4n) is 2.14. The number of benzene rings is 1. The van der Waals surface area contributed by atoms with Gasteiger partial charge < -0.3 is 5.11 Å². The van der Waals surface area contributed by atoms with Crippen molar-refractivity contribution in [1.82, 2.24) is 4.72 Å². The molecule has 0 saturated heterocycles. The Hall–Kier alpha value is -1.40. The lowest BCUT2D eigenvalue weighted by molar-refractivity contribution is -0.137. The summed E-state index contributed by atoms with van der Waals surface area (Å²) in [7, 11) is -3.39. The standard InChI is InChI=1S/C15H23NO4S/c1-12(2)11-21(19,20)16-14(8-9-15(17)18)10-13-6-4-3-5-7-13/h3-7,12,14,16H,8-11H2,1-2H3,(H,17,18). The van der Waals surface area contributed by atoms with Crippen molar-refractivity contribution < 1.29 is 18.3 Å².